The van der Waals surface area contributed by atoms with Gasteiger partial charge < -0.3 is 4.57 Å². The van der Waals surface area contributed by atoms with Crippen LogP contribution in [0, 0.1) is 6.92 Å². The van der Waals surface area contributed by atoms with Gasteiger partial charge in [-0.1, -0.05) is 98.8 Å². The molecule has 0 aliphatic heterocycles. The number of para-hydroxylation sites is 1. The number of hydrogen-bond acceptors (Lipinski definition) is 1. The SMILES string of the molecule is Cc1ccnc(-c2cccc(-c3cccc(-c4ccc5c(c4)c4cc6c(cc4n5-c4ccccc4)C(C)(C)c4ccccc4-6)c3)c2)c1. The van der Waals surface area contributed by atoms with Gasteiger partial charge in [0, 0.05) is 33.6 Å². The molecule has 0 N–H and O–H groups in total. The highest BCUT2D eigenvalue weighted by molar-refractivity contribution is 6.12. The molecule has 0 fully saturated rings. The summed E-state index contributed by atoms with van der Waals surface area (Å²) in [5, 5.41) is 2.55. The van der Waals surface area contributed by atoms with Crippen LogP contribution < -0.4 is 0 Å². The number of hydrogen-bond donors (Lipinski definition) is 0. The van der Waals surface area contributed by atoms with Gasteiger partial charge in [0.15, 0.2) is 0 Å². The van der Waals surface area contributed by atoms with Crippen LogP contribution in [0.1, 0.15) is 30.5 Å². The largest absolute Gasteiger partial charge is 0.309 e. The molecule has 6 aromatic carbocycles. The fourth-order valence-corrected chi connectivity index (χ4v) is 7.68. The lowest BCUT2D eigenvalue weighted by molar-refractivity contribution is 0.661. The minimum atomic E-state index is -0.0591. The van der Waals surface area contributed by atoms with Crippen molar-refractivity contribution in [2.45, 2.75) is 26.2 Å². The first kappa shape index (κ1) is 27.6. The molecule has 0 atom stereocenters. The van der Waals surface area contributed by atoms with Crippen molar-refractivity contribution in [2.75, 3.05) is 0 Å². The summed E-state index contributed by atoms with van der Waals surface area (Å²) in [6.07, 6.45) is 1.89. The Balaban J connectivity index is 1.22. The summed E-state index contributed by atoms with van der Waals surface area (Å²) in [7, 11) is 0. The Morgan fingerprint density at radius 3 is 1.91 bits per heavy atom. The maximum atomic E-state index is 4.63. The predicted molar refractivity (Wildman–Crippen MR) is 197 cm³/mol. The van der Waals surface area contributed by atoms with Crippen LogP contribution in [-0.2, 0) is 5.41 Å². The van der Waals surface area contributed by atoms with Crippen molar-refractivity contribution in [3.8, 4) is 50.3 Å². The highest BCUT2D eigenvalue weighted by atomic mass is 15.0. The molecule has 47 heavy (non-hydrogen) atoms. The van der Waals surface area contributed by atoms with Crippen molar-refractivity contribution in [3.05, 3.63) is 168 Å². The van der Waals surface area contributed by atoms with Crippen LogP contribution in [0.2, 0.25) is 0 Å². The van der Waals surface area contributed by atoms with E-state index in [0.29, 0.717) is 0 Å². The van der Waals surface area contributed by atoms with Gasteiger partial charge in [-0.05, 0) is 118 Å². The van der Waals surface area contributed by atoms with Gasteiger partial charge >= 0.3 is 0 Å². The molecule has 2 nitrogen and oxygen atoms in total. The molecule has 0 radical (unpaired) electrons. The first-order valence-electron chi connectivity index (χ1n) is 16.4. The van der Waals surface area contributed by atoms with Crippen LogP contribution in [0.15, 0.2) is 152 Å². The Hall–Kier alpha value is -5.73. The smallest absolute Gasteiger partial charge is 0.0704 e. The molecule has 9 rings (SSSR count). The van der Waals surface area contributed by atoms with E-state index in [-0.39, 0.29) is 5.41 Å². The summed E-state index contributed by atoms with van der Waals surface area (Å²) in [5.41, 5.74) is 17.2. The van der Waals surface area contributed by atoms with E-state index in [1.54, 1.807) is 0 Å². The Bertz CT molecular complexity index is 2500. The number of nitrogens with zero attached hydrogens (tertiary/aromatic N) is 2. The highest BCUT2D eigenvalue weighted by Gasteiger charge is 2.36. The molecule has 0 bridgehead atoms. The first-order valence-corrected chi connectivity index (χ1v) is 16.4. The zero-order valence-corrected chi connectivity index (χ0v) is 26.8. The van der Waals surface area contributed by atoms with Gasteiger partial charge in [-0.3, -0.25) is 4.98 Å². The molecule has 0 saturated carbocycles. The Kier molecular flexibility index (Phi) is 6.10. The zero-order chi connectivity index (χ0) is 31.7. The third kappa shape index (κ3) is 4.36. The fourth-order valence-electron chi connectivity index (χ4n) is 7.68. The summed E-state index contributed by atoms with van der Waals surface area (Å²) < 4.78 is 2.44. The van der Waals surface area contributed by atoms with E-state index in [9.17, 15) is 0 Å². The predicted octanol–water partition coefficient (Wildman–Crippen LogP) is 11.8. The van der Waals surface area contributed by atoms with E-state index < -0.39 is 0 Å². The van der Waals surface area contributed by atoms with Crippen molar-refractivity contribution in [1.82, 2.24) is 9.55 Å². The van der Waals surface area contributed by atoms with Crippen LogP contribution in [0.25, 0.3) is 72.1 Å². The Morgan fingerprint density at radius 2 is 1.15 bits per heavy atom. The minimum absolute atomic E-state index is 0.0591. The third-order valence-corrected chi connectivity index (χ3v) is 10.1. The molecule has 0 saturated heterocycles. The van der Waals surface area contributed by atoms with Crippen molar-refractivity contribution in [2.24, 2.45) is 0 Å². The van der Waals surface area contributed by atoms with Crippen molar-refractivity contribution in [1.29, 1.82) is 0 Å². The Labute approximate surface area is 275 Å². The second-order valence-corrected chi connectivity index (χ2v) is 13.4. The van der Waals surface area contributed by atoms with Crippen LogP contribution in [0.5, 0.6) is 0 Å². The molecule has 8 aromatic rings. The lowest BCUT2D eigenvalue weighted by Gasteiger charge is -2.21. The maximum Gasteiger partial charge on any atom is 0.0704 e. The topological polar surface area (TPSA) is 17.8 Å². The van der Waals surface area contributed by atoms with Crippen LogP contribution in [-0.4, -0.2) is 9.55 Å². The van der Waals surface area contributed by atoms with E-state index in [2.05, 4.69) is 170 Å². The lowest BCUT2D eigenvalue weighted by Crippen LogP contribution is -2.14. The van der Waals surface area contributed by atoms with E-state index >= 15 is 0 Å². The van der Waals surface area contributed by atoms with Crippen molar-refractivity contribution in [3.63, 3.8) is 0 Å². The maximum absolute atomic E-state index is 4.63. The highest BCUT2D eigenvalue weighted by Crippen LogP contribution is 2.51. The van der Waals surface area contributed by atoms with Gasteiger partial charge in [0.1, 0.15) is 0 Å². The van der Waals surface area contributed by atoms with Crippen LogP contribution >= 0.6 is 0 Å². The molecule has 2 heteroatoms. The van der Waals surface area contributed by atoms with Crippen molar-refractivity contribution >= 4 is 21.8 Å². The van der Waals surface area contributed by atoms with Gasteiger partial charge in [0.2, 0.25) is 0 Å². The molecule has 0 spiro atoms. The molecule has 224 valence electrons. The molecule has 2 aromatic heterocycles. The van der Waals surface area contributed by atoms with Gasteiger partial charge in [0.25, 0.3) is 0 Å². The van der Waals surface area contributed by atoms with E-state index in [0.717, 1.165) is 11.3 Å². The zero-order valence-electron chi connectivity index (χ0n) is 26.8. The van der Waals surface area contributed by atoms with Gasteiger partial charge in [-0.2, -0.15) is 0 Å². The number of rotatable bonds is 4. The molecule has 2 heterocycles. The second kappa shape index (κ2) is 10.4. The quantitative estimate of drug-likeness (QED) is 0.196. The summed E-state index contributed by atoms with van der Waals surface area (Å²) >= 11 is 0. The molecular weight excluding hydrogens is 569 g/mol. The normalized spacial score (nSPS) is 13.2. The standard InChI is InChI=1S/C45H34N2/c1-29-21-22-46-42(23-29)34-14-10-13-32(25-34)30-11-9-12-31(24-30)33-19-20-43-38(26-33)39-27-37-36-17-7-8-18-40(36)45(2,3)41(37)28-44(39)47(43)35-15-5-4-6-16-35/h4-28H,1-3H3. The summed E-state index contributed by atoms with van der Waals surface area (Å²) in [6, 6.07) is 53.4. The van der Waals surface area contributed by atoms with E-state index in [1.807, 2.05) is 12.3 Å². The number of pyridine rings is 1. The number of benzene rings is 6. The second-order valence-electron chi connectivity index (χ2n) is 13.4. The summed E-state index contributed by atoms with van der Waals surface area (Å²) in [5.74, 6) is 0. The molecule has 1 aliphatic rings. The van der Waals surface area contributed by atoms with Crippen LogP contribution in [0.4, 0.5) is 0 Å². The molecule has 0 amide bonds. The van der Waals surface area contributed by atoms with Gasteiger partial charge in [0.05, 0.1) is 16.7 Å². The average molecular weight is 603 g/mol. The van der Waals surface area contributed by atoms with Gasteiger partial charge in [-0.15, -0.1) is 0 Å². The molecular formula is C45H34N2. The minimum Gasteiger partial charge on any atom is -0.309 e. The van der Waals surface area contributed by atoms with E-state index in [4.69, 9.17) is 0 Å². The number of aryl methyl sites for hydroxylation is 1. The Morgan fingerprint density at radius 1 is 0.489 bits per heavy atom. The van der Waals surface area contributed by atoms with E-state index in [1.165, 1.54) is 77.6 Å². The first-order chi connectivity index (χ1) is 23.0. The summed E-state index contributed by atoms with van der Waals surface area (Å²) in [6.45, 7) is 6.83. The third-order valence-electron chi connectivity index (χ3n) is 10.1. The lowest BCUT2D eigenvalue weighted by atomic mass is 9.82. The molecule has 1 aliphatic carbocycles. The molecule has 0 unspecified atom stereocenters. The van der Waals surface area contributed by atoms with Gasteiger partial charge in [-0.25, -0.2) is 0 Å². The fraction of sp³-hybridized carbons (Fsp3) is 0.0889. The summed E-state index contributed by atoms with van der Waals surface area (Å²) in [4.78, 5) is 4.63. The number of aromatic nitrogens is 2. The van der Waals surface area contributed by atoms with Crippen LogP contribution in [0.3, 0.4) is 0 Å². The van der Waals surface area contributed by atoms with Crippen molar-refractivity contribution < 1.29 is 0 Å². The monoisotopic (exact) mass is 602 g/mol. The number of fused-ring (bicyclic) bond motifs is 6. The average Bonchev–Trinajstić information content (AvgIpc) is 3.55.